The summed E-state index contributed by atoms with van der Waals surface area (Å²) in [5, 5.41) is 4.13. The van der Waals surface area contributed by atoms with Crippen LogP contribution in [0.25, 0.3) is 5.65 Å². The number of pyridine rings is 1. The van der Waals surface area contributed by atoms with Gasteiger partial charge in [-0.2, -0.15) is 5.10 Å². The molecule has 0 spiro atoms. The van der Waals surface area contributed by atoms with Crippen molar-refractivity contribution in [2.24, 2.45) is 0 Å². The van der Waals surface area contributed by atoms with Gasteiger partial charge in [0.05, 0.1) is 12.4 Å². The Kier molecular flexibility index (Phi) is 4.79. The van der Waals surface area contributed by atoms with E-state index in [2.05, 4.69) is 20.0 Å². The van der Waals surface area contributed by atoms with Gasteiger partial charge in [0.1, 0.15) is 16.7 Å². The second-order valence-corrected chi connectivity index (χ2v) is 8.78. The minimum atomic E-state index is -3.33. The quantitative estimate of drug-likeness (QED) is 0.656. The van der Waals surface area contributed by atoms with Crippen LogP contribution in [0.3, 0.4) is 0 Å². The first kappa shape index (κ1) is 17.9. The first-order chi connectivity index (χ1) is 13.0. The minimum Gasteiger partial charge on any atom is -0.489 e. The molecule has 1 aliphatic heterocycles. The van der Waals surface area contributed by atoms with Crippen molar-refractivity contribution >= 4 is 15.5 Å². The van der Waals surface area contributed by atoms with Crippen LogP contribution in [0.15, 0.2) is 48.0 Å². The Morgan fingerprint density at radius 2 is 2.04 bits per heavy atom. The molecule has 0 unspecified atom stereocenters. The zero-order valence-electron chi connectivity index (χ0n) is 15.0. The van der Waals surface area contributed by atoms with E-state index < -0.39 is 9.84 Å². The summed E-state index contributed by atoms with van der Waals surface area (Å²) in [6, 6.07) is 3.80. The van der Waals surface area contributed by atoms with Crippen LogP contribution < -0.4 is 4.74 Å². The van der Waals surface area contributed by atoms with E-state index in [9.17, 15) is 8.42 Å². The maximum atomic E-state index is 11.8. The Bertz CT molecular complexity index is 1030. The Morgan fingerprint density at radius 1 is 1.22 bits per heavy atom. The average molecular weight is 387 g/mol. The number of aromatic nitrogens is 4. The molecule has 0 aliphatic carbocycles. The zero-order chi connectivity index (χ0) is 18.9. The second-order valence-electron chi connectivity index (χ2n) is 6.79. The summed E-state index contributed by atoms with van der Waals surface area (Å²) in [7, 11) is -3.33. The molecule has 8 nitrogen and oxygen atoms in total. The van der Waals surface area contributed by atoms with E-state index in [4.69, 9.17) is 4.74 Å². The maximum Gasteiger partial charge on any atom is 0.180 e. The van der Waals surface area contributed by atoms with E-state index >= 15 is 0 Å². The largest absolute Gasteiger partial charge is 0.489 e. The van der Waals surface area contributed by atoms with Gasteiger partial charge in [-0.05, 0) is 25.0 Å². The molecular formula is C18H21N5O3S. The highest BCUT2D eigenvalue weighted by Gasteiger charge is 2.21. The highest BCUT2D eigenvalue weighted by molar-refractivity contribution is 7.90. The molecule has 0 radical (unpaired) electrons. The molecule has 1 fully saturated rings. The summed E-state index contributed by atoms with van der Waals surface area (Å²) in [6.45, 7) is 2.60. The van der Waals surface area contributed by atoms with E-state index in [0.29, 0.717) is 5.65 Å². The summed E-state index contributed by atoms with van der Waals surface area (Å²) in [5.74, 6) is 0.811. The van der Waals surface area contributed by atoms with Gasteiger partial charge >= 0.3 is 0 Å². The lowest BCUT2D eigenvalue weighted by atomic mass is 10.1. The summed E-state index contributed by atoms with van der Waals surface area (Å²) >= 11 is 0. The molecule has 1 aliphatic rings. The Hall–Kier alpha value is -2.52. The molecule has 4 heterocycles. The minimum absolute atomic E-state index is 0.155. The van der Waals surface area contributed by atoms with E-state index in [0.717, 1.165) is 50.0 Å². The van der Waals surface area contributed by atoms with Crippen LogP contribution in [0.2, 0.25) is 0 Å². The summed E-state index contributed by atoms with van der Waals surface area (Å²) in [5.41, 5.74) is 1.36. The average Bonchev–Trinajstić information content (AvgIpc) is 3.08. The third kappa shape index (κ3) is 4.09. The van der Waals surface area contributed by atoms with Crippen LogP contribution in [0.4, 0.5) is 0 Å². The molecule has 0 bridgehead atoms. The monoisotopic (exact) mass is 387 g/mol. The Balaban J connectivity index is 1.38. The maximum absolute atomic E-state index is 11.8. The molecule has 4 rings (SSSR count). The van der Waals surface area contributed by atoms with Crippen LogP contribution in [0.5, 0.6) is 5.75 Å². The fraction of sp³-hybridized carbons (Fsp3) is 0.389. The van der Waals surface area contributed by atoms with Crippen molar-refractivity contribution in [1.82, 2.24) is 24.5 Å². The summed E-state index contributed by atoms with van der Waals surface area (Å²) in [6.07, 6.45) is 11.7. The van der Waals surface area contributed by atoms with Crippen molar-refractivity contribution in [3.8, 4) is 5.75 Å². The molecule has 0 atom stereocenters. The van der Waals surface area contributed by atoms with Gasteiger partial charge in [-0.15, -0.1) is 0 Å². The van der Waals surface area contributed by atoms with Gasteiger partial charge in [0.25, 0.3) is 0 Å². The van der Waals surface area contributed by atoms with Crippen LogP contribution >= 0.6 is 0 Å². The van der Waals surface area contributed by atoms with Crippen molar-refractivity contribution in [1.29, 1.82) is 0 Å². The number of ether oxygens (including phenoxy) is 1. The van der Waals surface area contributed by atoms with Crippen molar-refractivity contribution in [3.63, 3.8) is 0 Å². The Morgan fingerprint density at radius 3 is 2.74 bits per heavy atom. The van der Waals surface area contributed by atoms with Crippen LogP contribution in [0.1, 0.15) is 18.4 Å². The standard InChI is InChI=1S/C18H21N5O3S/c1-27(24,25)17-11-21-23-13-14(9-20-18(17)23)12-22-7-4-15(5-8-22)26-16-3-2-6-19-10-16/h2-3,6,9-11,13,15H,4-5,7-8,12H2,1H3. The normalized spacial score (nSPS) is 16.6. The lowest BCUT2D eigenvalue weighted by Crippen LogP contribution is -2.37. The highest BCUT2D eigenvalue weighted by atomic mass is 32.2. The van der Waals surface area contributed by atoms with Crippen molar-refractivity contribution in [3.05, 3.63) is 48.7 Å². The van der Waals surface area contributed by atoms with Gasteiger partial charge in [0, 0.05) is 50.0 Å². The molecule has 3 aromatic heterocycles. The SMILES string of the molecule is CS(=O)(=O)c1cnn2cc(CN3CCC(Oc4cccnc4)CC3)cnc12. The van der Waals surface area contributed by atoms with Gasteiger partial charge in [-0.25, -0.2) is 17.9 Å². The molecule has 0 aromatic carbocycles. The van der Waals surface area contributed by atoms with E-state index in [1.54, 1.807) is 18.6 Å². The number of hydrogen-bond acceptors (Lipinski definition) is 7. The second kappa shape index (κ2) is 7.24. The number of fused-ring (bicyclic) bond motifs is 1. The Labute approximate surface area is 157 Å². The number of nitrogens with zero attached hydrogens (tertiary/aromatic N) is 5. The van der Waals surface area contributed by atoms with Crippen molar-refractivity contribution in [2.75, 3.05) is 19.3 Å². The predicted molar refractivity (Wildman–Crippen MR) is 99.3 cm³/mol. The molecule has 0 N–H and O–H groups in total. The molecule has 1 saturated heterocycles. The summed E-state index contributed by atoms with van der Waals surface area (Å²) < 4.78 is 31.0. The van der Waals surface area contributed by atoms with E-state index in [1.165, 1.54) is 10.7 Å². The lowest BCUT2D eigenvalue weighted by molar-refractivity contribution is 0.0964. The lowest BCUT2D eigenvalue weighted by Gasteiger charge is -2.32. The van der Waals surface area contributed by atoms with Crippen LogP contribution in [-0.4, -0.2) is 58.3 Å². The third-order valence-corrected chi connectivity index (χ3v) is 5.74. The van der Waals surface area contributed by atoms with Gasteiger partial charge in [0.15, 0.2) is 15.5 Å². The fourth-order valence-corrected chi connectivity index (χ4v) is 4.00. The van der Waals surface area contributed by atoms with E-state index in [1.807, 2.05) is 18.3 Å². The fourth-order valence-electron chi connectivity index (χ4n) is 3.29. The van der Waals surface area contributed by atoms with E-state index in [-0.39, 0.29) is 11.0 Å². The van der Waals surface area contributed by atoms with Crippen molar-refractivity contribution in [2.45, 2.75) is 30.4 Å². The first-order valence-corrected chi connectivity index (χ1v) is 10.7. The zero-order valence-corrected chi connectivity index (χ0v) is 15.8. The van der Waals surface area contributed by atoms with Gasteiger partial charge < -0.3 is 4.74 Å². The van der Waals surface area contributed by atoms with Gasteiger partial charge in [0.2, 0.25) is 0 Å². The first-order valence-electron chi connectivity index (χ1n) is 8.80. The number of likely N-dealkylation sites (tertiary alicyclic amines) is 1. The van der Waals surface area contributed by atoms with Gasteiger partial charge in [-0.3, -0.25) is 9.88 Å². The molecular weight excluding hydrogens is 366 g/mol. The number of hydrogen-bond donors (Lipinski definition) is 0. The summed E-state index contributed by atoms with van der Waals surface area (Å²) in [4.78, 5) is 10.9. The van der Waals surface area contributed by atoms with Crippen molar-refractivity contribution < 1.29 is 13.2 Å². The molecule has 27 heavy (non-hydrogen) atoms. The molecule has 0 amide bonds. The molecule has 3 aromatic rings. The third-order valence-electron chi connectivity index (χ3n) is 4.65. The molecule has 9 heteroatoms. The number of sulfone groups is 1. The molecule has 142 valence electrons. The highest BCUT2D eigenvalue weighted by Crippen LogP contribution is 2.20. The number of rotatable bonds is 5. The van der Waals surface area contributed by atoms with Crippen LogP contribution in [0, 0.1) is 0 Å². The topological polar surface area (TPSA) is 89.7 Å². The van der Waals surface area contributed by atoms with Gasteiger partial charge in [-0.1, -0.05) is 0 Å². The molecule has 0 saturated carbocycles. The predicted octanol–water partition coefficient (Wildman–Crippen LogP) is 1.57. The number of piperidine rings is 1. The van der Waals surface area contributed by atoms with Crippen LogP contribution in [-0.2, 0) is 16.4 Å². The smallest absolute Gasteiger partial charge is 0.180 e.